The van der Waals surface area contributed by atoms with Gasteiger partial charge in [0.05, 0.1) is 17.9 Å². The van der Waals surface area contributed by atoms with Crippen molar-refractivity contribution < 1.29 is 39.7 Å². The highest BCUT2D eigenvalue weighted by atomic mass is 79.9. The molecule has 0 aliphatic carbocycles. The lowest BCUT2D eigenvalue weighted by atomic mass is 10.1. The molecule has 8 bridgehead atoms. The van der Waals surface area contributed by atoms with E-state index in [4.69, 9.17) is 9.47 Å². The molecular formula is C34H26Br4N4O8. The fraction of sp³-hybridized carbons (Fsp3) is 0.118. The van der Waals surface area contributed by atoms with Gasteiger partial charge in [-0.2, -0.15) is 0 Å². The van der Waals surface area contributed by atoms with E-state index < -0.39 is 11.8 Å². The van der Waals surface area contributed by atoms with Crippen molar-refractivity contribution in [1.29, 1.82) is 0 Å². The Labute approximate surface area is 319 Å². The maximum absolute atomic E-state index is 12.9. The van der Waals surface area contributed by atoms with Gasteiger partial charge in [-0.1, -0.05) is 22.4 Å². The van der Waals surface area contributed by atoms with Gasteiger partial charge in [0.15, 0.2) is 23.0 Å². The van der Waals surface area contributed by atoms with E-state index in [2.05, 4.69) is 84.7 Å². The van der Waals surface area contributed by atoms with E-state index in [-0.39, 0.29) is 58.3 Å². The van der Waals surface area contributed by atoms with E-state index in [0.717, 1.165) is 5.56 Å². The SMILES string of the molecule is O=C1N/C=C\c2ccc(c(Br)c2)Oc2cc(cc(Br)c2O)CCNC(=O)/C(=N/O)Cc2ccc(c(Br)c2)Oc2cc(cc(Br)c2O)C/C1=N/O. The Hall–Kier alpha value is -4.38. The molecule has 0 spiro atoms. The van der Waals surface area contributed by atoms with Gasteiger partial charge < -0.3 is 40.7 Å². The molecule has 16 heteroatoms. The van der Waals surface area contributed by atoms with Crippen LogP contribution in [0.15, 0.2) is 95.1 Å². The zero-order valence-electron chi connectivity index (χ0n) is 25.6. The van der Waals surface area contributed by atoms with Crippen molar-refractivity contribution >= 4 is 93.0 Å². The molecule has 0 radical (unpaired) electrons. The average Bonchev–Trinajstić information content (AvgIpc) is 3.08. The van der Waals surface area contributed by atoms with Crippen LogP contribution in [0, 0.1) is 0 Å². The number of hydrogen-bond acceptors (Lipinski definition) is 10. The second-order valence-electron chi connectivity index (χ2n) is 10.8. The van der Waals surface area contributed by atoms with Crippen molar-refractivity contribution in [3.8, 4) is 34.5 Å². The molecule has 50 heavy (non-hydrogen) atoms. The first-order valence-corrected chi connectivity index (χ1v) is 17.8. The molecule has 6 N–H and O–H groups in total. The maximum atomic E-state index is 12.9. The number of carbonyl (C=O) groups is 2. The lowest BCUT2D eigenvalue weighted by molar-refractivity contribution is -0.115. The normalized spacial score (nSPS) is 16.6. The monoisotopic (exact) mass is 934 g/mol. The third kappa shape index (κ3) is 9.04. The Kier molecular flexibility index (Phi) is 12.2. The molecule has 4 aliphatic heterocycles. The molecule has 4 aliphatic rings. The number of amides is 2. The fourth-order valence-corrected chi connectivity index (χ4v) is 6.73. The number of phenolic OH excluding ortho intramolecular Hbond substituents is 2. The summed E-state index contributed by atoms with van der Waals surface area (Å²) in [6.07, 6.45) is 3.26. The number of carbonyl (C=O) groups excluding carboxylic acids is 2. The van der Waals surface area contributed by atoms with Gasteiger partial charge in [0.2, 0.25) is 0 Å². The summed E-state index contributed by atoms with van der Waals surface area (Å²) < 4.78 is 13.7. The Morgan fingerprint density at radius 2 is 1.16 bits per heavy atom. The lowest BCUT2D eigenvalue weighted by Crippen LogP contribution is -2.33. The van der Waals surface area contributed by atoms with Crippen LogP contribution in [-0.2, 0) is 28.9 Å². The summed E-state index contributed by atoms with van der Waals surface area (Å²) >= 11 is 13.6. The third-order valence-corrected chi connectivity index (χ3v) is 9.72. The number of hydrogen-bond donors (Lipinski definition) is 6. The number of nitrogens with one attached hydrogen (secondary N) is 2. The van der Waals surface area contributed by atoms with E-state index in [1.54, 1.807) is 60.7 Å². The number of oxime groups is 2. The Morgan fingerprint density at radius 1 is 0.620 bits per heavy atom. The van der Waals surface area contributed by atoms with Gasteiger partial charge in [-0.05, 0) is 147 Å². The maximum Gasteiger partial charge on any atom is 0.273 e. The highest BCUT2D eigenvalue weighted by Gasteiger charge is 2.19. The fourth-order valence-electron chi connectivity index (χ4n) is 4.76. The van der Waals surface area contributed by atoms with E-state index >= 15 is 0 Å². The first-order valence-electron chi connectivity index (χ1n) is 14.6. The first-order chi connectivity index (χ1) is 23.9. The van der Waals surface area contributed by atoms with Crippen molar-refractivity contribution in [1.82, 2.24) is 10.6 Å². The topological polar surface area (TPSA) is 182 Å². The number of halogens is 4. The first kappa shape index (κ1) is 36.9. The van der Waals surface area contributed by atoms with Crippen LogP contribution >= 0.6 is 63.7 Å². The minimum Gasteiger partial charge on any atom is -0.503 e. The van der Waals surface area contributed by atoms with Gasteiger partial charge in [-0.25, -0.2) is 0 Å². The summed E-state index contributed by atoms with van der Waals surface area (Å²) in [7, 11) is 0. The smallest absolute Gasteiger partial charge is 0.273 e. The van der Waals surface area contributed by atoms with Crippen LogP contribution in [0.1, 0.15) is 22.3 Å². The summed E-state index contributed by atoms with van der Waals surface area (Å²) in [6.45, 7) is 0.190. The van der Waals surface area contributed by atoms with Crippen LogP contribution in [0.5, 0.6) is 34.5 Å². The molecule has 0 saturated heterocycles. The van der Waals surface area contributed by atoms with Crippen LogP contribution in [0.25, 0.3) is 6.08 Å². The lowest BCUT2D eigenvalue weighted by Gasteiger charge is -2.14. The molecule has 0 saturated carbocycles. The van der Waals surface area contributed by atoms with Gasteiger partial charge in [-0.15, -0.1) is 0 Å². The highest BCUT2D eigenvalue weighted by molar-refractivity contribution is 9.11. The summed E-state index contributed by atoms with van der Waals surface area (Å²) in [4.78, 5) is 25.8. The summed E-state index contributed by atoms with van der Waals surface area (Å²) in [5.74, 6) is -0.629. The Bertz CT molecular complexity index is 2070. The van der Waals surface area contributed by atoms with Crippen molar-refractivity contribution in [3.63, 3.8) is 0 Å². The second kappa shape index (κ2) is 16.6. The quantitative estimate of drug-likeness (QED) is 0.0759. The number of ether oxygens (including phenoxy) is 2. The number of rotatable bonds is 0. The van der Waals surface area contributed by atoms with E-state index in [9.17, 15) is 30.2 Å². The predicted octanol–water partition coefficient (Wildman–Crippen LogP) is 7.94. The minimum atomic E-state index is -0.665. The molecule has 4 aromatic carbocycles. The number of benzene rings is 4. The highest BCUT2D eigenvalue weighted by Crippen LogP contribution is 2.42. The molecule has 0 atom stereocenters. The van der Waals surface area contributed by atoms with Crippen molar-refractivity contribution in [2.45, 2.75) is 19.3 Å². The Balaban J connectivity index is 1.48. The Morgan fingerprint density at radius 3 is 1.78 bits per heavy atom. The number of aromatic hydroxyl groups is 2. The van der Waals surface area contributed by atoms with Gasteiger partial charge in [0.1, 0.15) is 22.9 Å². The standard InChI is InChI=1S/C34H26Br4N4O8/c35-21-9-17-1-3-27(21)49-29-15-19(11-23(37)31(29)43)6-8-40-33(45)25(41-47)13-18-2-4-28(22(36)10-18)50-30-16-20(12-24(38)32(30)44)14-26(42-48)34(46)39-7-5-17/h1-5,7,9-12,15-16,43-44,47-48H,6,8,13-14H2,(H,39,46)(H,40,45)/b7-5-,41-25+,42-26-. The molecule has 0 fully saturated rings. The van der Waals surface area contributed by atoms with Gasteiger partial charge >= 0.3 is 0 Å². The molecule has 4 aromatic rings. The van der Waals surface area contributed by atoms with Crippen LogP contribution < -0.4 is 20.1 Å². The van der Waals surface area contributed by atoms with Gasteiger partial charge in [-0.3, -0.25) is 9.59 Å². The molecule has 0 unspecified atom stereocenters. The molecule has 4 heterocycles. The number of phenols is 2. The van der Waals surface area contributed by atoms with E-state index in [1.165, 1.54) is 12.3 Å². The van der Waals surface area contributed by atoms with Crippen molar-refractivity contribution in [3.05, 3.63) is 107 Å². The van der Waals surface area contributed by atoms with Crippen LogP contribution in [0.3, 0.4) is 0 Å². The second-order valence-corrected chi connectivity index (χ2v) is 14.2. The van der Waals surface area contributed by atoms with Crippen molar-refractivity contribution in [2.75, 3.05) is 6.54 Å². The zero-order chi connectivity index (χ0) is 35.9. The molecule has 12 nitrogen and oxygen atoms in total. The molecular weight excluding hydrogens is 912 g/mol. The average molecular weight is 938 g/mol. The number of nitrogens with zero attached hydrogens (tertiary/aromatic N) is 2. The van der Waals surface area contributed by atoms with Crippen LogP contribution in [-0.4, -0.2) is 50.4 Å². The third-order valence-electron chi connectivity index (χ3n) is 7.27. The summed E-state index contributed by atoms with van der Waals surface area (Å²) in [5.41, 5.74) is 2.19. The zero-order valence-corrected chi connectivity index (χ0v) is 31.9. The van der Waals surface area contributed by atoms with Gasteiger partial charge in [0.25, 0.3) is 11.8 Å². The van der Waals surface area contributed by atoms with Gasteiger partial charge in [0, 0.05) is 25.6 Å². The largest absolute Gasteiger partial charge is 0.503 e. The van der Waals surface area contributed by atoms with Crippen LogP contribution in [0.2, 0.25) is 0 Å². The molecule has 8 rings (SSSR count). The van der Waals surface area contributed by atoms with E-state index in [0.29, 0.717) is 48.0 Å². The summed E-state index contributed by atoms with van der Waals surface area (Å²) in [6, 6.07) is 16.5. The molecule has 258 valence electrons. The van der Waals surface area contributed by atoms with Crippen molar-refractivity contribution in [2.24, 2.45) is 10.3 Å². The van der Waals surface area contributed by atoms with E-state index in [1.807, 2.05) is 0 Å². The molecule has 2 amide bonds. The molecule has 0 aromatic heterocycles. The summed E-state index contributed by atoms with van der Waals surface area (Å²) in [5, 5.41) is 52.4. The minimum absolute atomic E-state index is 0.00949. The van der Waals surface area contributed by atoms with Crippen LogP contribution in [0.4, 0.5) is 0 Å². The predicted molar refractivity (Wildman–Crippen MR) is 200 cm³/mol.